The lowest BCUT2D eigenvalue weighted by molar-refractivity contribution is 0.174. The Hall–Kier alpha value is -1.34. The fourth-order valence-corrected chi connectivity index (χ4v) is 5.24. The monoisotopic (exact) mass is 388 g/mol. The van der Waals surface area contributed by atoms with Gasteiger partial charge in [0.2, 0.25) is 0 Å². The van der Waals surface area contributed by atoms with Crippen LogP contribution in [0.2, 0.25) is 0 Å². The molecule has 0 spiro atoms. The second-order valence-corrected chi connectivity index (χ2v) is 9.00. The van der Waals surface area contributed by atoms with Gasteiger partial charge < -0.3 is 4.57 Å². The largest absolute Gasteiger partial charge is 0.309 e. The summed E-state index contributed by atoms with van der Waals surface area (Å²) in [5, 5.41) is 17.4. The van der Waals surface area contributed by atoms with Gasteiger partial charge in [0.1, 0.15) is 5.82 Å². The second kappa shape index (κ2) is 8.78. The van der Waals surface area contributed by atoms with Crippen LogP contribution in [-0.4, -0.2) is 49.2 Å². The van der Waals surface area contributed by atoms with Gasteiger partial charge >= 0.3 is 0 Å². The first-order valence-electron chi connectivity index (χ1n) is 10.4. The zero-order valence-corrected chi connectivity index (χ0v) is 17.5. The lowest BCUT2D eigenvalue weighted by atomic mass is 9.85. The van der Waals surface area contributed by atoms with Gasteiger partial charge in [-0.2, -0.15) is 5.10 Å². The van der Waals surface area contributed by atoms with Crippen molar-refractivity contribution in [3.05, 3.63) is 23.3 Å². The molecule has 0 atom stereocenters. The molecule has 2 aromatic rings. The highest BCUT2D eigenvalue weighted by atomic mass is 32.2. The molecule has 2 aromatic heterocycles. The van der Waals surface area contributed by atoms with E-state index in [1.807, 2.05) is 0 Å². The number of likely N-dealkylation sites (tertiary alicyclic amines) is 1. The average Bonchev–Trinajstić information content (AvgIpc) is 3.31. The van der Waals surface area contributed by atoms with Crippen LogP contribution in [0.25, 0.3) is 0 Å². The van der Waals surface area contributed by atoms with E-state index in [9.17, 15) is 0 Å². The van der Waals surface area contributed by atoms with E-state index >= 15 is 0 Å². The first kappa shape index (κ1) is 19.0. The molecule has 7 heteroatoms. The Morgan fingerprint density at radius 3 is 2.59 bits per heavy atom. The maximum atomic E-state index is 4.39. The molecule has 1 aliphatic heterocycles. The van der Waals surface area contributed by atoms with E-state index in [0.29, 0.717) is 5.92 Å². The maximum Gasteiger partial charge on any atom is 0.190 e. The summed E-state index contributed by atoms with van der Waals surface area (Å²) in [6.45, 7) is 3.40. The maximum absolute atomic E-state index is 4.39. The molecule has 2 aliphatic rings. The molecule has 3 heterocycles. The Balaban J connectivity index is 1.30. The fourth-order valence-electron chi connectivity index (χ4n) is 4.74. The molecule has 1 aliphatic carbocycles. The van der Waals surface area contributed by atoms with Crippen molar-refractivity contribution >= 4 is 11.8 Å². The lowest BCUT2D eigenvalue weighted by Crippen LogP contribution is -2.34. The van der Waals surface area contributed by atoms with E-state index < -0.39 is 0 Å². The predicted octanol–water partition coefficient (Wildman–Crippen LogP) is 3.76. The van der Waals surface area contributed by atoms with Crippen LogP contribution in [0.15, 0.2) is 11.4 Å². The Bertz CT molecular complexity index is 725. The normalized spacial score (nSPS) is 20.4. The van der Waals surface area contributed by atoms with Crippen LogP contribution >= 0.6 is 11.8 Å². The third-order valence-electron chi connectivity index (χ3n) is 6.44. The molecule has 1 saturated carbocycles. The number of piperidine rings is 1. The average molecular weight is 389 g/mol. The summed E-state index contributed by atoms with van der Waals surface area (Å²) in [4.78, 5) is 2.61. The number of hydrogen-bond donors (Lipinski definition) is 1. The molecule has 1 N–H and O–H groups in total. The minimum atomic E-state index is 0.704. The first-order valence-corrected chi connectivity index (χ1v) is 11.6. The van der Waals surface area contributed by atoms with Gasteiger partial charge in [0.15, 0.2) is 5.16 Å². The third-order valence-corrected chi connectivity index (χ3v) is 7.17. The summed E-state index contributed by atoms with van der Waals surface area (Å²) < 4.78 is 2.15. The summed E-state index contributed by atoms with van der Waals surface area (Å²) in [5.41, 5.74) is 2.85. The summed E-state index contributed by atoms with van der Waals surface area (Å²) >= 11 is 1.67. The molecule has 0 amide bonds. The van der Waals surface area contributed by atoms with Gasteiger partial charge in [0, 0.05) is 37.2 Å². The summed E-state index contributed by atoms with van der Waals surface area (Å²) in [5.74, 6) is 2.56. The van der Waals surface area contributed by atoms with Crippen LogP contribution < -0.4 is 0 Å². The smallest absolute Gasteiger partial charge is 0.190 e. The summed E-state index contributed by atoms with van der Waals surface area (Å²) in [7, 11) is 2.09. The van der Waals surface area contributed by atoms with Crippen LogP contribution in [0.3, 0.4) is 0 Å². The SMILES string of the molecule is CSc1nnc(CC2CCN(Cc3cn[nH]c3C3CCCCC3)CC2)n1C. The lowest BCUT2D eigenvalue weighted by Gasteiger charge is -2.32. The van der Waals surface area contributed by atoms with Crippen molar-refractivity contribution in [2.75, 3.05) is 19.3 Å². The van der Waals surface area contributed by atoms with Crippen LogP contribution in [0.5, 0.6) is 0 Å². The fraction of sp³-hybridized carbons (Fsp3) is 0.750. The van der Waals surface area contributed by atoms with Gasteiger partial charge in [-0.3, -0.25) is 10.00 Å². The van der Waals surface area contributed by atoms with Gasteiger partial charge in [0.05, 0.1) is 6.20 Å². The van der Waals surface area contributed by atoms with Crippen LogP contribution in [-0.2, 0) is 20.0 Å². The topological polar surface area (TPSA) is 62.6 Å². The van der Waals surface area contributed by atoms with Crippen molar-refractivity contribution in [1.82, 2.24) is 29.9 Å². The number of hydrogen-bond acceptors (Lipinski definition) is 5. The highest BCUT2D eigenvalue weighted by molar-refractivity contribution is 7.98. The van der Waals surface area contributed by atoms with Crippen LogP contribution in [0.4, 0.5) is 0 Å². The molecule has 27 heavy (non-hydrogen) atoms. The number of H-pyrrole nitrogens is 1. The third kappa shape index (κ3) is 4.40. The van der Waals surface area contributed by atoms with E-state index in [0.717, 1.165) is 29.9 Å². The van der Waals surface area contributed by atoms with Gasteiger partial charge in [-0.05, 0) is 50.9 Å². The molecule has 0 unspecified atom stereocenters. The standard InChI is InChI=1S/C20H32N6S/c1-25-18(22-24-20(25)27-2)12-15-8-10-26(11-9-15)14-17-13-21-23-19(17)16-6-4-3-5-7-16/h13,15-16H,3-12,14H2,1-2H3,(H,21,23). The molecule has 4 rings (SSSR count). The van der Waals surface area contributed by atoms with E-state index in [4.69, 9.17) is 0 Å². The molecule has 2 fully saturated rings. The number of rotatable bonds is 6. The number of nitrogens with zero attached hydrogens (tertiary/aromatic N) is 5. The molecule has 0 radical (unpaired) electrons. The van der Waals surface area contributed by atoms with Crippen molar-refractivity contribution in [2.45, 2.75) is 69.0 Å². The first-order chi connectivity index (χ1) is 13.2. The van der Waals surface area contributed by atoms with Gasteiger partial charge in [0.25, 0.3) is 0 Å². The Morgan fingerprint density at radius 1 is 1.11 bits per heavy atom. The van der Waals surface area contributed by atoms with Crippen molar-refractivity contribution in [1.29, 1.82) is 0 Å². The van der Waals surface area contributed by atoms with Crippen molar-refractivity contribution in [2.24, 2.45) is 13.0 Å². The van der Waals surface area contributed by atoms with Crippen molar-refractivity contribution < 1.29 is 0 Å². The minimum Gasteiger partial charge on any atom is -0.309 e. The molecular formula is C20H32N6S. The Labute approximate surface area is 166 Å². The van der Waals surface area contributed by atoms with Crippen molar-refractivity contribution in [3.63, 3.8) is 0 Å². The van der Waals surface area contributed by atoms with E-state index in [1.54, 1.807) is 11.8 Å². The van der Waals surface area contributed by atoms with Gasteiger partial charge in [-0.25, -0.2) is 0 Å². The van der Waals surface area contributed by atoms with Crippen molar-refractivity contribution in [3.8, 4) is 0 Å². The highest BCUT2D eigenvalue weighted by Gasteiger charge is 2.25. The Morgan fingerprint density at radius 2 is 1.89 bits per heavy atom. The highest BCUT2D eigenvalue weighted by Crippen LogP contribution is 2.34. The van der Waals surface area contributed by atoms with E-state index in [-0.39, 0.29) is 0 Å². The summed E-state index contributed by atoms with van der Waals surface area (Å²) in [6.07, 6.45) is 14.5. The Kier molecular flexibility index (Phi) is 6.18. The minimum absolute atomic E-state index is 0.704. The van der Waals surface area contributed by atoms with Crippen LogP contribution in [0, 0.1) is 5.92 Å². The zero-order valence-electron chi connectivity index (χ0n) is 16.7. The van der Waals surface area contributed by atoms with Crippen LogP contribution in [0.1, 0.15) is 67.9 Å². The number of nitrogens with one attached hydrogen (secondary N) is 1. The van der Waals surface area contributed by atoms with E-state index in [1.165, 1.54) is 69.3 Å². The second-order valence-electron chi connectivity index (χ2n) is 8.23. The quantitative estimate of drug-likeness (QED) is 0.764. The molecular weight excluding hydrogens is 356 g/mol. The van der Waals surface area contributed by atoms with Gasteiger partial charge in [-0.1, -0.05) is 31.0 Å². The number of aromatic amines is 1. The molecule has 148 valence electrons. The molecule has 6 nitrogen and oxygen atoms in total. The van der Waals surface area contributed by atoms with Gasteiger partial charge in [-0.15, -0.1) is 10.2 Å². The summed E-state index contributed by atoms with van der Waals surface area (Å²) in [6, 6.07) is 0. The zero-order chi connectivity index (χ0) is 18.6. The molecule has 0 aromatic carbocycles. The van der Waals surface area contributed by atoms with E-state index in [2.05, 4.69) is 49.4 Å². The predicted molar refractivity (Wildman–Crippen MR) is 109 cm³/mol. The number of thioether (sulfide) groups is 1. The molecule has 1 saturated heterocycles. The molecule has 0 bridgehead atoms. The number of aromatic nitrogens is 5.